The number of amides is 1. The van der Waals surface area contributed by atoms with Crippen molar-refractivity contribution in [3.8, 4) is 0 Å². The molecule has 2 N–H and O–H groups in total. The molecule has 0 atom stereocenters. The zero-order valence-electron chi connectivity index (χ0n) is 14.1. The number of H-pyrrole nitrogens is 2. The fourth-order valence-corrected chi connectivity index (χ4v) is 2.71. The number of nitrogens with zero attached hydrogens (tertiary/aromatic N) is 2. The molecule has 0 bridgehead atoms. The van der Waals surface area contributed by atoms with E-state index >= 15 is 0 Å². The number of pyridine rings is 1. The Morgan fingerprint density at radius 3 is 2.84 bits per heavy atom. The van der Waals surface area contributed by atoms with E-state index in [4.69, 9.17) is 0 Å². The van der Waals surface area contributed by atoms with Gasteiger partial charge in [-0.2, -0.15) is 0 Å². The molecule has 0 aliphatic rings. The largest absolute Gasteiger partial charge is 0.364 e. The molecular weight excluding hydrogens is 323 g/mol. The Morgan fingerprint density at radius 2 is 2.12 bits per heavy atom. The molecule has 0 aliphatic carbocycles. The van der Waals surface area contributed by atoms with Gasteiger partial charge in [-0.3, -0.25) is 9.59 Å². The molecule has 25 heavy (non-hydrogen) atoms. The van der Waals surface area contributed by atoms with Gasteiger partial charge in [-0.25, -0.2) is 9.37 Å². The summed E-state index contributed by atoms with van der Waals surface area (Å²) in [7, 11) is 0. The Morgan fingerprint density at radius 1 is 1.32 bits per heavy atom. The molecule has 0 spiro atoms. The van der Waals surface area contributed by atoms with Gasteiger partial charge in [0.1, 0.15) is 17.2 Å². The number of likely N-dealkylation sites (N-methyl/N-ethyl adjacent to an activating group) is 1. The zero-order valence-corrected chi connectivity index (χ0v) is 14.1. The van der Waals surface area contributed by atoms with Crippen molar-refractivity contribution >= 4 is 16.9 Å². The van der Waals surface area contributed by atoms with Crippen LogP contribution in [0.25, 0.3) is 11.0 Å². The Bertz CT molecular complexity index is 977. The number of nitrogens with one attached hydrogen (secondary N) is 2. The first-order valence-electron chi connectivity index (χ1n) is 8.10. The van der Waals surface area contributed by atoms with Crippen LogP contribution < -0.4 is 5.43 Å². The molecule has 7 heteroatoms. The van der Waals surface area contributed by atoms with Crippen molar-refractivity contribution < 1.29 is 9.18 Å². The number of imidazole rings is 1. The van der Waals surface area contributed by atoms with E-state index in [0.717, 1.165) is 0 Å². The summed E-state index contributed by atoms with van der Waals surface area (Å²) in [6, 6.07) is 5.77. The highest BCUT2D eigenvalue weighted by atomic mass is 19.1. The fourth-order valence-electron chi connectivity index (χ4n) is 2.71. The van der Waals surface area contributed by atoms with Crippen molar-refractivity contribution in [2.75, 3.05) is 13.1 Å². The average molecular weight is 342 g/mol. The second kappa shape index (κ2) is 6.88. The van der Waals surface area contributed by atoms with E-state index in [9.17, 15) is 14.0 Å². The van der Waals surface area contributed by atoms with E-state index in [2.05, 4.69) is 15.0 Å². The molecule has 0 radical (unpaired) electrons. The molecule has 0 unspecified atom stereocenters. The topological polar surface area (TPSA) is 81.8 Å². The maximum absolute atomic E-state index is 13.2. The van der Waals surface area contributed by atoms with Crippen LogP contribution in [0.1, 0.15) is 28.8 Å². The van der Waals surface area contributed by atoms with Crippen LogP contribution in [0.15, 0.2) is 35.3 Å². The third-order valence-electron chi connectivity index (χ3n) is 4.07. The SMILES string of the molecule is CCN(CCc1nc2ccc(F)cc2[nH]1)C(=O)c1c[nH]c(C)cc1=O. The monoisotopic (exact) mass is 342 g/mol. The number of rotatable bonds is 5. The van der Waals surface area contributed by atoms with Crippen LogP contribution in [0.2, 0.25) is 0 Å². The van der Waals surface area contributed by atoms with Crippen LogP contribution in [0.5, 0.6) is 0 Å². The number of carbonyl (C=O) groups excluding carboxylic acids is 1. The summed E-state index contributed by atoms with van der Waals surface area (Å²) in [5.41, 5.74) is 1.84. The normalized spacial score (nSPS) is 11.0. The van der Waals surface area contributed by atoms with Gasteiger partial charge in [-0.1, -0.05) is 0 Å². The Hall–Kier alpha value is -2.96. The predicted octanol–water partition coefficient (Wildman–Crippen LogP) is 2.40. The lowest BCUT2D eigenvalue weighted by Crippen LogP contribution is -2.35. The van der Waals surface area contributed by atoms with Gasteiger partial charge in [0.25, 0.3) is 5.91 Å². The maximum Gasteiger partial charge on any atom is 0.259 e. The van der Waals surface area contributed by atoms with Crippen LogP contribution >= 0.6 is 0 Å². The minimum atomic E-state index is -0.327. The van der Waals surface area contributed by atoms with E-state index in [1.165, 1.54) is 24.4 Å². The number of carbonyl (C=O) groups is 1. The number of hydrogen-bond acceptors (Lipinski definition) is 3. The molecule has 2 heterocycles. The quantitative estimate of drug-likeness (QED) is 0.747. The number of benzene rings is 1. The molecule has 6 nitrogen and oxygen atoms in total. The van der Waals surface area contributed by atoms with Gasteiger partial charge in [-0.05, 0) is 32.0 Å². The lowest BCUT2D eigenvalue weighted by Gasteiger charge is -2.20. The van der Waals surface area contributed by atoms with E-state index < -0.39 is 0 Å². The summed E-state index contributed by atoms with van der Waals surface area (Å²) in [6.45, 7) is 4.50. The molecule has 3 aromatic rings. The van der Waals surface area contributed by atoms with E-state index in [1.54, 1.807) is 17.9 Å². The molecule has 0 fully saturated rings. The third kappa shape index (κ3) is 3.60. The molecule has 2 aromatic heterocycles. The van der Waals surface area contributed by atoms with Gasteiger partial charge in [0.2, 0.25) is 0 Å². The first-order valence-corrected chi connectivity index (χ1v) is 8.10. The van der Waals surface area contributed by atoms with Gasteiger partial charge in [0, 0.05) is 37.5 Å². The van der Waals surface area contributed by atoms with Crippen LogP contribution in [0, 0.1) is 12.7 Å². The Balaban J connectivity index is 1.74. The molecule has 3 rings (SSSR count). The summed E-state index contributed by atoms with van der Waals surface area (Å²) in [5, 5.41) is 0. The summed E-state index contributed by atoms with van der Waals surface area (Å²) >= 11 is 0. The fraction of sp³-hybridized carbons (Fsp3) is 0.278. The molecular formula is C18H19FN4O2. The minimum Gasteiger partial charge on any atom is -0.364 e. The van der Waals surface area contributed by atoms with Crippen LogP contribution in [-0.4, -0.2) is 38.8 Å². The smallest absolute Gasteiger partial charge is 0.259 e. The number of aryl methyl sites for hydroxylation is 1. The van der Waals surface area contributed by atoms with E-state index in [1.807, 2.05) is 6.92 Å². The molecule has 1 amide bonds. The summed E-state index contributed by atoms with van der Waals surface area (Å²) in [4.78, 5) is 36.5. The van der Waals surface area contributed by atoms with Gasteiger partial charge in [-0.15, -0.1) is 0 Å². The number of fused-ring (bicyclic) bond motifs is 1. The van der Waals surface area contributed by atoms with Crippen LogP contribution in [-0.2, 0) is 6.42 Å². The van der Waals surface area contributed by atoms with Crippen molar-refractivity contribution in [3.05, 3.63) is 63.6 Å². The molecule has 130 valence electrons. The second-order valence-electron chi connectivity index (χ2n) is 5.87. The van der Waals surface area contributed by atoms with Crippen LogP contribution in [0.4, 0.5) is 4.39 Å². The van der Waals surface area contributed by atoms with Crippen molar-refractivity contribution in [2.24, 2.45) is 0 Å². The highest BCUT2D eigenvalue weighted by Gasteiger charge is 2.18. The number of halogens is 1. The van der Waals surface area contributed by atoms with Gasteiger partial charge in [0.15, 0.2) is 5.43 Å². The van der Waals surface area contributed by atoms with Gasteiger partial charge in [0.05, 0.1) is 11.0 Å². The lowest BCUT2D eigenvalue weighted by molar-refractivity contribution is 0.0764. The van der Waals surface area contributed by atoms with Crippen molar-refractivity contribution in [2.45, 2.75) is 20.3 Å². The van der Waals surface area contributed by atoms with Crippen molar-refractivity contribution in [1.82, 2.24) is 19.9 Å². The molecule has 0 saturated carbocycles. The number of aromatic amines is 2. The van der Waals surface area contributed by atoms with Gasteiger partial charge < -0.3 is 14.9 Å². The Labute approximate surface area is 143 Å². The van der Waals surface area contributed by atoms with Crippen LogP contribution in [0.3, 0.4) is 0 Å². The van der Waals surface area contributed by atoms with Crippen molar-refractivity contribution in [3.63, 3.8) is 0 Å². The molecule has 1 aromatic carbocycles. The molecule has 0 saturated heterocycles. The minimum absolute atomic E-state index is 0.124. The number of aromatic nitrogens is 3. The van der Waals surface area contributed by atoms with Crippen molar-refractivity contribution in [1.29, 1.82) is 0 Å². The molecule has 0 aliphatic heterocycles. The highest BCUT2D eigenvalue weighted by molar-refractivity contribution is 5.93. The summed E-state index contributed by atoms with van der Waals surface area (Å²) < 4.78 is 13.2. The second-order valence-corrected chi connectivity index (χ2v) is 5.87. The highest BCUT2D eigenvalue weighted by Crippen LogP contribution is 2.13. The first-order chi connectivity index (χ1) is 12.0. The first kappa shape index (κ1) is 16.9. The average Bonchev–Trinajstić information content (AvgIpc) is 2.97. The Kier molecular flexibility index (Phi) is 4.65. The van der Waals surface area contributed by atoms with E-state index in [-0.39, 0.29) is 22.7 Å². The number of hydrogen-bond donors (Lipinski definition) is 2. The third-order valence-corrected chi connectivity index (χ3v) is 4.07. The lowest BCUT2D eigenvalue weighted by atomic mass is 10.2. The predicted molar refractivity (Wildman–Crippen MR) is 93.1 cm³/mol. The summed E-state index contributed by atoms with van der Waals surface area (Å²) in [6.07, 6.45) is 1.94. The zero-order chi connectivity index (χ0) is 18.0. The maximum atomic E-state index is 13.2. The van der Waals surface area contributed by atoms with E-state index in [0.29, 0.717) is 42.1 Å². The van der Waals surface area contributed by atoms with Gasteiger partial charge >= 0.3 is 0 Å². The standard InChI is InChI=1S/C18H19FN4O2/c1-3-23(18(25)13-10-20-11(2)8-16(13)24)7-6-17-21-14-5-4-12(19)9-15(14)22-17/h4-5,8-10H,3,6-7H2,1-2H3,(H,20,24)(H,21,22). The summed E-state index contributed by atoms with van der Waals surface area (Å²) in [5.74, 6) is 0.0298.